The van der Waals surface area contributed by atoms with Crippen molar-refractivity contribution in [3.8, 4) is 5.75 Å². The van der Waals surface area contributed by atoms with Gasteiger partial charge in [0.15, 0.2) is 0 Å². The van der Waals surface area contributed by atoms with E-state index < -0.39 is 17.9 Å². The summed E-state index contributed by atoms with van der Waals surface area (Å²) in [5.41, 5.74) is 3.06. The smallest absolute Gasteiger partial charge is 0.326 e. The van der Waals surface area contributed by atoms with E-state index in [9.17, 15) is 14.7 Å². The Morgan fingerprint density at radius 2 is 1.89 bits per heavy atom. The molecule has 4 rings (SSSR count). The zero-order valence-electron chi connectivity index (χ0n) is 19.6. The molecule has 0 saturated heterocycles. The van der Waals surface area contributed by atoms with Gasteiger partial charge in [0.2, 0.25) is 0 Å². The van der Waals surface area contributed by atoms with E-state index in [1.807, 2.05) is 6.07 Å². The SMILES string of the molecule is O=C(N[C@H](Cc1cccc(OCCCc2ccc3c(n2)NCCC3)c1)C(=O)O)c1c(Cl)cccc1Cl. The van der Waals surface area contributed by atoms with Gasteiger partial charge in [-0.2, -0.15) is 0 Å². The van der Waals surface area contributed by atoms with Gasteiger partial charge in [-0.1, -0.05) is 47.5 Å². The summed E-state index contributed by atoms with van der Waals surface area (Å²) in [6.07, 6.45) is 3.87. The number of aromatic nitrogens is 1. The predicted molar refractivity (Wildman–Crippen MR) is 140 cm³/mol. The molecule has 0 radical (unpaired) electrons. The first-order valence-corrected chi connectivity index (χ1v) is 12.6. The van der Waals surface area contributed by atoms with E-state index >= 15 is 0 Å². The number of carbonyl (C=O) groups excluding carboxylic acids is 1. The Hall–Kier alpha value is -3.29. The molecule has 188 valence electrons. The maximum atomic E-state index is 12.7. The van der Waals surface area contributed by atoms with Gasteiger partial charge >= 0.3 is 5.97 Å². The lowest BCUT2D eigenvalue weighted by molar-refractivity contribution is -0.139. The number of aliphatic carboxylic acids is 1. The van der Waals surface area contributed by atoms with Crippen molar-refractivity contribution < 1.29 is 19.4 Å². The normalized spacial score (nSPS) is 13.3. The Labute approximate surface area is 219 Å². The molecule has 2 aromatic carbocycles. The maximum absolute atomic E-state index is 12.7. The summed E-state index contributed by atoms with van der Waals surface area (Å²) >= 11 is 12.2. The second-order valence-electron chi connectivity index (χ2n) is 8.61. The number of pyridine rings is 1. The van der Waals surface area contributed by atoms with Crippen molar-refractivity contribution in [2.24, 2.45) is 0 Å². The van der Waals surface area contributed by atoms with Crippen molar-refractivity contribution in [3.05, 3.63) is 87.0 Å². The fourth-order valence-electron chi connectivity index (χ4n) is 4.09. The van der Waals surface area contributed by atoms with Crippen LogP contribution in [0, 0.1) is 0 Å². The number of carbonyl (C=O) groups is 2. The van der Waals surface area contributed by atoms with Crippen LogP contribution in [0.2, 0.25) is 10.0 Å². The predicted octanol–water partition coefficient (Wildman–Crippen LogP) is 5.18. The average Bonchev–Trinajstić information content (AvgIpc) is 2.86. The molecule has 2 heterocycles. The lowest BCUT2D eigenvalue weighted by atomic mass is 10.0. The van der Waals surface area contributed by atoms with Crippen molar-refractivity contribution in [2.45, 2.75) is 38.1 Å². The summed E-state index contributed by atoms with van der Waals surface area (Å²) in [4.78, 5) is 29.2. The lowest BCUT2D eigenvalue weighted by Gasteiger charge is -2.17. The number of nitrogens with zero attached hydrogens (tertiary/aromatic N) is 1. The Morgan fingerprint density at radius 3 is 2.67 bits per heavy atom. The van der Waals surface area contributed by atoms with E-state index in [0.29, 0.717) is 17.9 Å². The number of benzene rings is 2. The zero-order chi connectivity index (χ0) is 25.5. The number of ether oxygens (including phenoxy) is 1. The second kappa shape index (κ2) is 12.1. The Balaban J connectivity index is 1.31. The highest BCUT2D eigenvalue weighted by Gasteiger charge is 2.24. The van der Waals surface area contributed by atoms with Crippen LogP contribution < -0.4 is 15.4 Å². The van der Waals surface area contributed by atoms with Gasteiger partial charge in [0, 0.05) is 18.7 Å². The quantitative estimate of drug-likeness (QED) is 0.314. The molecular weight excluding hydrogens is 501 g/mol. The summed E-state index contributed by atoms with van der Waals surface area (Å²) in [6, 6.07) is 14.9. The molecule has 0 unspecified atom stereocenters. The highest BCUT2D eigenvalue weighted by Crippen LogP contribution is 2.25. The van der Waals surface area contributed by atoms with Gasteiger partial charge in [-0.15, -0.1) is 0 Å². The molecule has 1 aliphatic rings. The second-order valence-corrected chi connectivity index (χ2v) is 9.42. The van der Waals surface area contributed by atoms with E-state index in [-0.39, 0.29) is 22.0 Å². The number of nitrogens with one attached hydrogen (secondary N) is 2. The number of amides is 1. The molecule has 9 heteroatoms. The third-order valence-electron chi connectivity index (χ3n) is 5.93. The van der Waals surface area contributed by atoms with Gasteiger partial charge in [-0.3, -0.25) is 4.79 Å². The van der Waals surface area contributed by atoms with Crippen molar-refractivity contribution in [1.82, 2.24) is 10.3 Å². The number of hydrogen-bond donors (Lipinski definition) is 3. The molecule has 1 aliphatic heterocycles. The fourth-order valence-corrected chi connectivity index (χ4v) is 4.66. The molecule has 0 aliphatic carbocycles. The molecule has 1 aromatic heterocycles. The Kier molecular flexibility index (Phi) is 8.67. The number of carboxylic acids is 1. The summed E-state index contributed by atoms with van der Waals surface area (Å²) < 4.78 is 5.89. The lowest BCUT2D eigenvalue weighted by Crippen LogP contribution is -2.42. The van der Waals surface area contributed by atoms with Crippen LogP contribution in [0.25, 0.3) is 0 Å². The summed E-state index contributed by atoms with van der Waals surface area (Å²) in [5, 5.41) is 15.8. The monoisotopic (exact) mass is 527 g/mol. The molecule has 3 aromatic rings. The van der Waals surface area contributed by atoms with Crippen molar-refractivity contribution in [2.75, 3.05) is 18.5 Å². The highest BCUT2D eigenvalue weighted by molar-refractivity contribution is 6.39. The number of aryl methyl sites for hydroxylation is 2. The molecular formula is C27H27Cl2N3O4. The highest BCUT2D eigenvalue weighted by atomic mass is 35.5. The van der Waals surface area contributed by atoms with Crippen LogP contribution in [-0.2, 0) is 24.1 Å². The van der Waals surface area contributed by atoms with Gasteiger partial charge in [-0.25, -0.2) is 9.78 Å². The molecule has 0 bridgehead atoms. The van der Waals surface area contributed by atoms with Crippen LogP contribution in [0.5, 0.6) is 5.75 Å². The zero-order valence-corrected chi connectivity index (χ0v) is 21.1. The number of fused-ring (bicyclic) bond motifs is 1. The third kappa shape index (κ3) is 6.68. The van der Waals surface area contributed by atoms with Crippen molar-refractivity contribution in [1.29, 1.82) is 0 Å². The van der Waals surface area contributed by atoms with Gasteiger partial charge in [0.25, 0.3) is 5.91 Å². The van der Waals surface area contributed by atoms with Crippen LogP contribution in [-0.4, -0.2) is 41.2 Å². The van der Waals surface area contributed by atoms with Gasteiger partial charge < -0.3 is 20.5 Å². The minimum atomic E-state index is -1.16. The van der Waals surface area contributed by atoms with Gasteiger partial charge in [-0.05, 0) is 67.1 Å². The number of rotatable bonds is 10. The molecule has 0 saturated carbocycles. The van der Waals surface area contributed by atoms with Crippen molar-refractivity contribution in [3.63, 3.8) is 0 Å². The molecule has 1 amide bonds. The topological polar surface area (TPSA) is 101 Å². The number of hydrogen-bond acceptors (Lipinski definition) is 5. The summed E-state index contributed by atoms with van der Waals surface area (Å²) in [5.74, 6) is -0.178. The summed E-state index contributed by atoms with van der Waals surface area (Å²) in [6.45, 7) is 1.46. The number of carboxylic acid groups (broad SMARTS) is 1. The first-order chi connectivity index (χ1) is 17.4. The van der Waals surface area contributed by atoms with E-state index in [2.05, 4.69) is 22.8 Å². The van der Waals surface area contributed by atoms with E-state index in [4.69, 9.17) is 32.9 Å². The van der Waals surface area contributed by atoms with Crippen molar-refractivity contribution >= 4 is 40.9 Å². The number of anilines is 1. The Bertz CT molecular complexity index is 1230. The van der Waals surface area contributed by atoms with Crippen LogP contribution in [0.1, 0.15) is 40.0 Å². The van der Waals surface area contributed by atoms with Crippen LogP contribution in [0.3, 0.4) is 0 Å². The number of halogens is 2. The molecule has 7 nitrogen and oxygen atoms in total. The standard InChI is InChI=1S/C27H27Cl2N3O4/c28-21-9-2-10-22(29)24(21)26(33)32-23(27(34)35)16-17-5-1-8-20(15-17)36-14-4-7-19-12-11-18-6-3-13-30-25(18)31-19/h1-2,5,8-12,15,23H,3-4,6-7,13-14,16H2,(H,30,31)(H,32,33)(H,34,35)/t23-/m1/s1. The first kappa shape index (κ1) is 25.8. The largest absolute Gasteiger partial charge is 0.494 e. The van der Waals surface area contributed by atoms with E-state index in [0.717, 1.165) is 43.7 Å². The minimum absolute atomic E-state index is 0.0494. The van der Waals surface area contributed by atoms with Crippen LogP contribution in [0.15, 0.2) is 54.6 Å². The molecule has 0 spiro atoms. The van der Waals surface area contributed by atoms with E-state index in [1.54, 1.807) is 24.3 Å². The Morgan fingerprint density at radius 1 is 1.11 bits per heavy atom. The average molecular weight is 528 g/mol. The molecule has 3 N–H and O–H groups in total. The van der Waals surface area contributed by atoms with Crippen LogP contribution >= 0.6 is 23.2 Å². The van der Waals surface area contributed by atoms with Gasteiger partial charge in [0.1, 0.15) is 17.6 Å². The molecule has 0 fully saturated rings. The third-order valence-corrected chi connectivity index (χ3v) is 6.56. The van der Waals surface area contributed by atoms with Crippen LogP contribution in [0.4, 0.5) is 5.82 Å². The molecule has 36 heavy (non-hydrogen) atoms. The minimum Gasteiger partial charge on any atom is -0.494 e. The first-order valence-electron chi connectivity index (χ1n) is 11.8. The summed E-state index contributed by atoms with van der Waals surface area (Å²) in [7, 11) is 0. The van der Waals surface area contributed by atoms with E-state index in [1.165, 1.54) is 17.7 Å². The maximum Gasteiger partial charge on any atom is 0.326 e. The molecule has 1 atom stereocenters. The fraction of sp³-hybridized carbons (Fsp3) is 0.296. The van der Waals surface area contributed by atoms with Gasteiger partial charge in [0.05, 0.1) is 22.2 Å².